The lowest BCUT2D eigenvalue weighted by Crippen LogP contribution is -2.14. The van der Waals surface area contributed by atoms with E-state index in [1.165, 1.54) is 0 Å². The topological polar surface area (TPSA) is 29.1 Å². The summed E-state index contributed by atoms with van der Waals surface area (Å²) in [7, 11) is 0. The van der Waals surface area contributed by atoms with Crippen molar-refractivity contribution in [3.8, 4) is 0 Å². The highest BCUT2D eigenvalue weighted by molar-refractivity contribution is 9.10. The zero-order chi connectivity index (χ0) is 14.7. The van der Waals surface area contributed by atoms with Crippen LogP contribution in [0.4, 0.5) is 5.69 Å². The number of hydrogen-bond acceptors (Lipinski definition) is 1. The van der Waals surface area contributed by atoms with E-state index < -0.39 is 0 Å². The summed E-state index contributed by atoms with van der Waals surface area (Å²) in [5, 5.41) is 3.51. The molecule has 0 atom stereocenters. The minimum atomic E-state index is -0.0591. The van der Waals surface area contributed by atoms with Gasteiger partial charge in [-0.3, -0.25) is 4.79 Å². The molecule has 0 bridgehead atoms. The fourth-order valence-electron chi connectivity index (χ4n) is 1.94. The molecule has 2 nitrogen and oxygen atoms in total. The standard InChI is InChI=1S/C16H15BrClNO/c1-10-4-3-5-12(6-10)8-16(20)19-15-9-14(18)11(2)7-13(15)17/h3-7,9H,8H2,1-2H3,(H,19,20). The Bertz CT molecular complexity index is 655. The normalized spacial score (nSPS) is 10.4. The first-order valence-corrected chi connectivity index (χ1v) is 7.44. The predicted molar refractivity (Wildman–Crippen MR) is 87.4 cm³/mol. The molecule has 0 aromatic heterocycles. The van der Waals surface area contributed by atoms with Gasteiger partial charge in [-0.1, -0.05) is 41.4 Å². The second kappa shape index (κ2) is 6.42. The summed E-state index contributed by atoms with van der Waals surface area (Å²) in [6.45, 7) is 3.93. The Labute approximate surface area is 132 Å². The average Bonchev–Trinajstić information content (AvgIpc) is 2.36. The Morgan fingerprint density at radius 1 is 1.25 bits per heavy atom. The van der Waals surface area contributed by atoms with E-state index in [1.807, 2.05) is 44.2 Å². The lowest BCUT2D eigenvalue weighted by atomic mass is 10.1. The molecule has 0 spiro atoms. The van der Waals surface area contributed by atoms with Gasteiger partial charge in [0.2, 0.25) is 5.91 Å². The lowest BCUT2D eigenvalue weighted by Gasteiger charge is -2.10. The molecular weight excluding hydrogens is 338 g/mol. The van der Waals surface area contributed by atoms with Crippen LogP contribution in [0.1, 0.15) is 16.7 Å². The first-order chi connectivity index (χ1) is 9.45. The molecule has 0 aliphatic rings. The van der Waals surface area contributed by atoms with Crippen LogP contribution >= 0.6 is 27.5 Å². The molecule has 0 saturated carbocycles. The number of aryl methyl sites for hydroxylation is 2. The summed E-state index contributed by atoms with van der Waals surface area (Å²) < 4.78 is 0.831. The molecular formula is C16H15BrClNO. The van der Waals surface area contributed by atoms with E-state index in [0.717, 1.165) is 21.2 Å². The van der Waals surface area contributed by atoms with Crippen molar-refractivity contribution in [1.82, 2.24) is 0 Å². The Hall–Kier alpha value is -1.32. The molecule has 0 heterocycles. The smallest absolute Gasteiger partial charge is 0.228 e. The van der Waals surface area contributed by atoms with Crippen LogP contribution in [-0.2, 0) is 11.2 Å². The number of carbonyl (C=O) groups is 1. The van der Waals surface area contributed by atoms with Crippen molar-refractivity contribution in [3.05, 3.63) is 62.6 Å². The zero-order valence-electron chi connectivity index (χ0n) is 11.3. The average molecular weight is 353 g/mol. The molecule has 2 aromatic carbocycles. The zero-order valence-corrected chi connectivity index (χ0v) is 13.7. The van der Waals surface area contributed by atoms with Gasteiger partial charge in [0.1, 0.15) is 0 Å². The molecule has 20 heavy (non-hydrogen) atoms. The fraction of sp³-hybridized carbons (Fsp3) is 0.188. The monoisotopic (exact) mass is 351 g/mol. The lowest BCUT2D eigenvalue weighted by molar-refractivity contribution is -0.115. The minimum absolute atomic E-state index is 0.0591. The number of halogens is 2. The molecule has 0 aliphatic heterocycles. The highest BCUT2D eigenvalue weighted by atomic mass is 79.9. The van der Waals surface area contributed by atoms with Crippen molar-refractivity contribution in [2.45, 2.75) is 20.3 Å². The van der Waals surface area contributed by atoms with E-state index in [0.29, 0.717) is 17.1 Å². The largest absolute Gasteiger partial charge is 0.325 e. The van der Waals surface area contributed by atoms with Gasteiger partial charge in [0.05, 0.1) is 12.1 Å². The molecule has 0 fully saturated rings. The van der Waals surface area contributed by atoms with E-state index in [-0.39, 0.29) is 5.91 Å². The first kappa shape index (κ1) is 15.1. The third-order valence-electron chi connectivity index (χ3n) is 2.97. The number of hydrogen-bond donors (Lipinski definition) is 1. The summed E-state index contributed by atoms with van der Waals surface area (Å²) in [4.78, 5) is 12.1. The van der Waals surface area contributed by atoms with Gasteiger partial charge in [-0.25, -0.2) is 0 Å². The Kier molecular flexibility index (Phi) is 4.84. The fourth-order valence-corrected chi connectivity index (χ4v) is 2.66. The van der Waals surface area contributed by atoms with Crippen LogP contribution in [0, 0.1) is 13.8 Å². The maximum Gasteiger partial charge on any atom is 0.228 e. The van der Waals surface area contributed by atoms with Gasteiger partial charge in [0.25, 0.3) is 0 Å². The van der Waals surface area contributed by atoms with Gasteiger partial charge in [-0.05, 0) is 53.0 Å². The summed E-state index contributed by atoms with van der Waals surface area (Å²) in [5.74, 6) is -0.0591. The van der Waals surface area contributed by atoms with E-state index in [9.17, 15) is 4.79 Å². The van der Waals surface area contributed by atoms with Crippen LogP contribution in [-0.4, -0.2) is 5.91 Å². The SMILES string of the molecule is Cc1cccc(CC(=O)Nc2cc(Cl)c(C)cc2Br)c1. The summed E-state index contributed by atoms with van der Waals surface area (Å²) in [6.07, 6.45) is 0.347. The van der Waals surface area contributed by atoms with Crippen molar-refractivity contribution >= 4 is 39.1 Å². The van der Waals surface area contributed by atoms with Crippen LogP contribution in [0.3, 0.4) is 0 Å². The maximum absolute atomic E-state index is 12.1. The van der Waals surface area contributed by atoms with Gasteiger partial charge < -0.3 is 5.32 Å². The molecule has 0 unspecified atom stereocenters. The molecule has 0 saturated heterocycles. The quantitative estimate of drug-likeness (QED) is 0.836. The Balaban J connectivity index is 2.10. The number of carbonyl (C=O) groups excluding carboxylic acids is 1. The molecule has 0 radical (unpaired) electrons. The number of benzene rings is 2. The van der Waals surface area contributed by atoms with Crippen molar-refractivity contribution in [1.29, 1.82) is 0 Å². The number of anilines is 1. The van der Waals surface area contributed by atoms with Gasteiger partial charge >= 0.3 is 0 Å². The molecule has 104 valence electrons. The van der Waals surface area contributed by atoms with Crippen molar-refractivity contribution in [3.63, 3.8) is 0 Å². The minimum Gasteiger partial charge on any atom is -0.325 e. The first-order valence-electron chi connectivity index (χ1n) is 6.27. The van der Waals surface area contributed by atoms with Crippen LogP contribution in [0.5, 0.6) is 0 Å². The van der Waals surface area contributed by atoms with Crippen LogP contribution < -0.4 is 5.32 Å². The Morgan fingerprint density at radius 3 is 2.70 bits per heavy atom. The second-order valence-electron chi connectivity index (χ2n) is 4.80. The molecule has 1 amide bonds. The van der Waals surface area contributed by atoms with Gasteiger partial charge in [0, 0.05) is 9.50 Å². The van der Waals surface area contributed by atoms with Crippen molar-refractivity contribution in [2.75, 3.05) is 5.32 Å². The molecule has 2 rings (SSSR count). The molecule has 4 heteroatoms. The van der Waals surface area contributed by atoms with Crippen LogP contribution in [0.25, 0.3) is 0 Å². The van der Waals surface area contributed by atoms with E-state index >= 15 is 0 Å². The van der Waals surface area contributed by atoms with Gasteiger partial charge in [-0.15, -0.1) is 0 Å². The summed E-state index contributed by atoms with van der Waals surface area (Å²) >= 11 is 9.51. The highest BCUT2D eigenvalue weighted by Crippen LogP contribution is 2.29. The summed E-state index contributed by atoms with van der Waals surface area (Å²) in [6, 6.07) is 11.6. The third kappa shape index (κ3) is 3.84. The molecule has 0 aliphatic carbocycles. The van der Waals surface area contributed by atoms with Gasteiger partial charge in [0.15, 0.2) is 0 Å². The van der Waals surface area contributed by atoms with Crippen LogP contribution in [0.2, 0.25) is 5.02 Å². The number of rotatable bonds is 3. The number of amides is 1. The summed E-state index contributed by atoms with van der Waals surface area (Å²) in [5.41, 5.74) is 3.81. The second-order valence-corrected chi connectivity index (χ2v) is 6.06. The third-order valence-corrected chi connectivity index (χ3v) is 4.03. The maximum atomic E-state index is 12.1. The van der Waals surface area contributed by atoms with E-state index in [4.69, 9.17) is 11.6 Å². The molecule has 1 N–H and O–H groups in total. The van der Waals surface area contributed by atoms with Crippen molar-refractivity contribution < 1.29 is 4.79 Å². The van der Waals surface area contributed by atoms with E-state index in [1.54, 1.807) is 6.07 Å². The van der Waals surface area contributed by atoms with Crippen LogP contribution in [0.15, 0.2) is 40.9 Å². The number of nitrogens with one attached hydrogen (secondary N) is 1. The molecule has 2 aromatic rings. The highest BCUT2D eigenvalue weighted by Gasteiger charge is 2.09. The van der Waals surface area contributed by atoms with Crippen molar-refractivity contribution in [2.24, 2.45) is 0 Å². The van der Waals surface area contributed by atoms with E-state index in [2.05, 4.69) is 21.2 Å². The predicted octanol–water partition coefficient (Wildman–Crippen LogP) is 4.90. The Morgan fingerprint density at radius 2 is 2.00 bits per heavy atom. The van der Waals surface area contributed by atoms with Gasteiger partial charge in [-0.2, -0.15) is 0 Å².